The summed E-state index contributed by atoms with van der Waals surface area (Å²) in [6.45, 7) is -0.0527. The van der Waals surface area contributed by atoms with Gasteiger partial charge in [0.2, 0.25) is 0 Å². The number of nitrogens with zero attached hydrogens (tertiary/aromatic N) is 1. The molecule has 0 bridgehead atoms. The van der Waals surface area contributed by atoms with Crippen molar-refractivity contribution < 1.29 is 5.11 Å². The molecule has 1 heterocycles. The highest BCUT2D eigenvalue weighted by atomic mass is 35.5. The van der Waals surface area contributed by atoms with Crippen LogP contribution in [0.1, 0.15) is 5.01 Å². The van der Waals surface area contributed by atoms with E-state index in [1.54, 1.807) is 6.07 Å². The van der Waals surface area contributed by atoms with Crippen molar-refractivity contribution in [3.8, 4) is 11.3 Å². The lowest BCUT2D eigenvalue weighted by molar-refractivity contribution is 0.281. The number of aliphatic hydroxyl groups excluding tert-OH is 1. The van der Waals surface area contributed by atoms with Gasteiger partial charge in [-0.3, -0.25) is 0 Å². The molecule has 1 N–H and O–H groups in total. The van der Waals surface area contributed by atoms with Crippen LogP contribution in [0.15, 0.2) is 23.6 Å². The van der Waals surface area contributed by atoms with E-state index in [9.17, 15) is 0 Å². The number of aliphatic hydroxyl groups is 1. The molecule has 5 heteroatoms. The van der Waals surface area contributed by atoms with Crippen LogP contribution >= 0.6 is 34.5 Å². The average molecular weight is 260 g/mol. The van der Waals surface area contributed by atoms with Crippen molar-refractivity contribution >= 4 is 34.5 Å². The molecule has 2 nitrogen and oxygen atoms in total. The van der Waals surface area contributed by atoms with Crippen LogP contribution < -0.4 is 0 Å². The quantitative estimate of drug-likeness (QED) is 0.894. The summed E-state index contributed by atoms with van der Waals surface area (Å²) >= 11 is 13.3. The Morgan fingerprint density at radius 1 is 1.33 bits per heavy atom. The summed E-state index contributed by atoms with van der Waals surface area (Å²) in [5.74, 6) is 0. The Kier molecular flexibility index (Phi) is 3.26. The maximum atomic E-state index is 8.91. The van der Waals surface area contributed by atoms with E-state index in [-0.39, 0.29) is 6.61 Å². The summed E-state index contributed by atoms with van der Waals surface area (Å²) < 4.78 is 0. The molecule has 1 aromatic carbocycles. The molecule has 0 aliphatic rings. The van der Waals surface area contributed by atoms with Crippen molar-refractivity contribution in [3.63, 3.8) is 0 Å². The molecule has 2 rings (SSSR count). The second-order valence-electron chi connectivity index (χ2n) is 2.89. The molecular weight excluding hydrogens is 253 g/mol. The van der Waals surface area contributed by atoms with Gasteiger partial charge in [-0.15, -0.1) is 11.3 Å². The lowest BCUT2D eigenvalue weighted by Gasteiger charge is -2.01. The number of hydrogen-bond donors (Lipinski definition) is 1. The van der Waals surface area contributed by atoms with Gasteiger partial charge < -0.3 is 5.11 Å². The molecule has 0 aliphatic heterocycles. The SMILES string of the molecule is OCc1nc(-c2cccc(Cl)c2Cl)cs1. The molecule has 0 aliphatic carbocycles. The zero-order valence-electron chi connectivity index (χ0n) is 7.58. The minimum atomic E-state index is -0.0527. The van der Waals surface area contributed by atoms with Gasteiger partial charge >= 0.3 is 0 Å². The Morgan fingerprint density at radius 3 is 2.80 bits per heavy atom. The largest absolute Gasteiger partial charge is 0.389 e. The van der Waals surface area contributed by atoms with Crippen LogP contribution in [0.4, 0.5) is 0 Å². The summed E-state index contributed by atoms with van der Waals surface area (Å²) in [6, 6.07) is 5.40. The van der Waals surface area contributed by atoms with E-state index in [4.69, 9.17) is 28.3 Å². The molecule has 0 spiro atoms. The maximum Gasteiger partial charge on any atom is 0.119 e. The maximum absolute atomic E-state index is 8.91. The normalized spacial score (nSPS) is 10.6. The van der Waals surface area contributed by atoms with Gasteiger partial charge in [-0.05, 0) is 6.07 Å². The molecule has 0 atom stereocenters. The molecule has 0 saturated carbocycles. The van der Waals surface area contributed by atoms with E-state index in [0.717, 1.165) is 11.3 Å². The lowest BCUT2D eigenvalue weighted by Crippen LogP contribution is -1.83. The molecule has 0 amide bonds. The summed E-state index contributed by atoms with van der Waals surface area (Å²) in [5.41, 5.74) is 1.54. The van der Waals surface area contributed by atoms with Gasteiger partial charge in [0.25, 0.3) is 0 Å². The first-order valence-electron chi connectivity index (χ1n) is 4.22. The van der Waals surface area contributed by atoms with Crippen LogP contribution in [-0.4, -0.2) is 10.1 Å². The van der Waals surface area contributed by atoms with E-state index in [1.807, 2.05) is 17.5 Å². The Labute approximate surface area is 101 Å². The summed E-state index contributed by atoms with van der Waals surface area (Å²) in [5, 5.41) is 12.4. The third-order valence-electron chi connectivity index (χ3n) is 1.91. The Bertz CT molecular complexity index is 484. The Morgan fingerprint density at radius 2 is 2.13 bits per heavy atom. The van der Waals surface area contributed by atoms with Crippen LogP contribution in [0.25, 0.3) is 11.3 Å². The van der Waals surface area contributed by atoms with E-state index < -0.39 is 0 Å². The highest BCUT2D eigenvalue weighted by Gasteiger charge is 2.09. The molecule has 2 aromatic rings. The monoisotopic (exact) mass is 259 g/mol. The first-order chi connectivity index (χ1) is 7.22. The van der Waals surface area contributed by atoms with E-state index in [1.165, 1.54) is 11.3 Å². The first-order valence-corrected chi connectivity index (χ1v) is 5.85. The van der Waals surface area contributed by atoms with Crippen LogP contribution in [0.5, 0.6) is 0 Å². The standard InChI is InChI=1S/C10H7Cl2NOS/c11-7-3-1-2-6(10(7)12)8-5-15-9(4-14)13-8/h1-3,5,14H,4H2. The second kappa shape index (κ2) is 4.49. The highest BCUT2D eigenvalue weighted by molar-refractivity contribution is 7.09. The molecular formula is C10H7Cl2NOS. The van der Waals surface area contributed by atoms with E-state index in [0.29, 0.717) is 15.1 Å². The van der Waals surface area contributed by atoms with Crippen molar-refractivity contribution in [1.29, 1.82) is 0 Å². The number of benzene rings is 1. The van der Waals surface area contributed by atoms with Gasteiger partial charge in [0, 0.05) is 10.9 Å². The van der Waals surface area contributed by atoms with Crippen LogP contribution in [0.3, 0.4) is 0 Å². The van der Waals surface area contributed by atoms with Gasteiger partial charge in [-0.1, -0.05) is 35.3 Å². The third-order valence-corrected chi connectivity index (χ3v) is 3.57. The van der Waals surface area contributed by atoms with Crippen LogP contribution in [-0.2, 0) is 6.61 Å². The van der Waals surface area contributed by atoms with E-state index >= 15 is 0 Å². The Balaban J connectivity index is 2.49. The number of rotatable bonds is 2. The summed E-state index contributed by atoms with van der Waals surface area (Å²) in [7, 11) is 0. The lowest BCUT2D eigenvalue weighted by atomic mass is 10.2. The van der Waals surface area contributed by atoms with Crippen molar-refractivity contribution in [3.05, 3.63) is 38.6 Å². The number of aromatic nitrogens is 1. The molecule has 0 radical (unpaired) electrons. The fraction of sp³-hybridized carbons (Fsp3) is 0.100. The zero-order chi connectivity index (χ0) is 10.8. The van der Waals surface area contributed by atoms with Crippen molar-refractivity contribution in [2.24, 2.45) is 0 Å². The topological polar surface area (TPSA) is 33.1 Å². The third kappa shape index (κ3) is 2.16. The first kappa shape index (κ1) is 10.9. The van der Waals surface area contributed by atoms with Gasteiger partial charge in [-0.2, -0.15) is 0 Å². The molecule has 0 unspecified atom stereocenters. The van der Waals surface area contributed by atoms with E-state index in [2.05, 4.69) is 4.98 Å². The van der Waals surface area contributed by atoms with Crippen LogP contribution in [0.2, 0.25) is 10.0 Å². The molecule has 0 fully saturated rings. The van der Waals surface area contributed by atoms with Crippen molar-refractivity contribution in [1.82, 2.24) is 4.98 Å². The average Bonchev–Trinajstić information content (AvgIpc) is 2.70. The van der Waals surface area contributed by atoms with Gasteiger partial charge in [-0.25, -0.2) is 4.98 Å². The van der Waals surface area contributed by atoms with Crippen molar-refractivity contribution in [2.75, 3.05) is 0 Å². The predicted molar refractivity (Wildman–Crippen MR) is 63.5 cm³/mol. The smallest absolute Gasteiger partial charge is 0.119 e. The fourth-order valence-electron chi connectivity index (χ4n) is 1.21. The van der Waals surface area contributed by atoms with Crippen molar-refractivity contribution in [2.45, 2.75) is 6.61 Å². The van der Waals surface area contributed by atoms with Gasteiger partial charge in [0.1, 0.15) is 5.01 Å². The van der Waals surface area contributed by atoms with Gasteiger partial charge in [0.05, 0.1) is 22.3 Å². The Hall–Kier alpha value is -0.610. The number of thiazole rings is 1. The fourth-order valence-corrected chi connectivity index (χ4v) is 2.26. The van der Waals surface area contributed by atoms with Crippen LogP contribution in [0, 0.1) is 0 Å². The summed E-state index contributed by atoms with van der Waals surface area (Å²) in [6.07, 6.45) is 0. The second-order valence-corrected chi connectivity index (χ2v) is 4.61. The highest BCUT2D eigenvalue weighted by Crippen LogP contribution is 2.33. The minimum absolute atomic E-state index is 0.0527. The number of halogens is 2. The number of hydrogen-bond acceptors (Lipinski definition) is 3. The molecule has 15 heavy (non-hydrogen) atoms. The predicted octanol–water partition coefficient (Wildman–Crippen LogP) is 3.61. The minimum Gasteiger partial charge on any atom is -0.389 e. The molecule has 78 valence electrons. The van der Waals surface area contributed by atoms with Gasteiger partial charge in [0.15, 0.2) is 0 Å². The molecule has 0 saturated heterocycles. The zero-order valence-corrected chi connectivity index (χ0v) is 9.90. The molecule has 1 aromatic heterocycles. The summed E-state index contributed by atoms with van der Waals surface area (Å²) in [4.78, 5) is 4.23.